The van der Waals surface area contributed by atoms with E-state index < -0.39 is 10.0 Å². The van der Waals surface area contributed by atoms with Gasteiger partial charge in [-0.05, 0) is 48.1 Å². The lowest BCUT2D eigenvalue weighted by atomic mass is 9.84. The van der Waals surface area contributed by atoms with Crippen molar-refractivity contribution >= 4 is 10.0 Å². The van der Waals surface area contributed by atoms with Crippen LogP contribution in [0.3, 0.4) is 0 Å². The van der Waals surface area contributed by atoms with E-state index in [1.807, 2.05) is 0 Å². The van der Waals surface area contributed by atoms with Crippen molar-refractivity contribution in [2.75, 3.05) is 45.6 Å². The van der Waals surface area contributed by atoms with Crippen LogP contribution in [-0.4, -0.2) is 69.8 Å². The third-order valence-electron chi connectivity index (χ3n) is 6.46. The Kier molecular flexibility index (Phi) is 7.66. The molecular formula is C25H32N4O3S. The predicted octanol–water partition coefficient (Wildman–Crippen LogP) is 2.31. The van der Waals surface area contributed by atoms with Crippen LogP contribution < -0.4 is 9.46 Å². The van der Waals surface area contributed by atoms with Crippen molar-refractivity contribution in [3.05, 3.63) is 65.7 Å². The van der Waals surface area contributed by atoms with Gasteiger partial charge in [-0.3, -0.25) is 9.80 Å². The molecule has 2 aliphatic heterocycles. The third-order valence-corrected chi connectivity index (χ3v) is 7.15. The first kappa shape index (κ1) is 23.7. The Bertz CT molecular complexity index is 1040. The zero-order valence-corrected chi connectivity index (χ0v) is 19.9. The summed E-state index contributed by atoms with van der Waals surface area (Å²) in [6, 6.07) is 19.7. The molecule has 176 valence electrons. The van der Waals surface area contributed by atoms with E-state index in [0.29, 0.717) is 36.3 Å². The smallest absolute Gasteiger partial charge is 0.208 e. The highest BCUT2D eigenvalue weighted by molar-refractivity contribution is 7.88. The van der Waals surface area contributed by atoms with E-state index in [0.717, 1.165) is 32.7 Å². The van der Waals surface area contributed by atoms with Gasteiger partial charge in [0.05, 0.1) is 23.9 Å². The van der Waals surface area contributed by atoms with Crippen LogP contribution in [0.25, 0.3) is 0 Å². The molecule has 1 N–H and O–H groups in total. The number of nitrogens with zero attached hydrogens (tertiary/aromatic N) is 3. The highest BCUT2D eigenvalue weighted by Gasteiger charge is 2.36. The van der Waals surface area contributed by atoms with Gasteiger partial charge in [0.2, 0.25) is 10.0 Å². The molecule has 0 aromatic heterocycles. The largest absolute Gasteiger partial charge is 0.492 e. The van der Waals surface area contributed by atoms with Crippen LogP contribution in [0.5, 0.6) is 5.75 Å². The van der Waals surface area contributed by atoms with Gasteiger partial charge in [-0.2, -0.15) is 5.26 Å². The molecule has 8 heteroatoms. The van der Waals surface area contributed by atoms with Crippen molar-refractivity contribution in [2.24, 2.45) is 11.8 Å². The SMILES string of the molecule is CS(=O)(=O)NCC(COc1ccc(C#N)cc1)N1CC2CC(CN(Cc3ccccc3)C2)C1. The van der Waals surface area contributed by atoms with Crippen molar-refractivity contribution in [3.63, 3.8) is 0 Å². The number of benzene rings is 2. The van der Waals surface area contributed by atoms with Crippen LogP contribution in [0.1, 0.15) is 17.5 Å². The van der Waals surface area contributed by atoms with E-state index in [-0.39, 0.29) is 6.04 Å². The Hall–Kier alpha value is -2.44. The van der Waals surface area contributed by atoms with Gasteiger partial charge in [0.1, 0.15) is 12.4 Å². The van der Waals surface area contributed by atoms with E-state index in [9.17, 15) is 8.42 Å². The molecule has 7 nitrogen and oxygen atoms in total. The van der Waals surface area contributed by atoms with Crippen LogP contribution >= 0.6 is 0 Å². The van der Waals surface area contributed by atoms with E-state index >= 15 is 0 Å². The molecule has 3 unspecified atom stereocenters. The van der Waals surface area contributed by atoms with E-state index in [1.54, 1.807) is 24.3 Å². The quantitative estimate of drug-likeness (QED) is 0.608. The average Bonchev–Trinajstić information content (AvgIpc) is 2.79. The summed E-state index contributed by atoms with van der Waals surface area (Å²) in [5.74, 6) is 1.82. The fourth-order valence-corrected chi connectivity index (χ4v) is 5.55. The second-order valence-corrected chi connectivity index (χ2v) is 11.2. The Labute approximate surface area is 197 Å². The number of piperidine rings is 2. The van der Waals surface area contributed by atoms with Crippen molar-refractivity contribution in [3.8, 4) is 11.8 Å². The standard InChI is InChI=1S/C25H32N4O3S/c1-33(30,31)27-13-24(19-32-25-9-7-20(12-26)8-10-25)29-17-22-11-23(18-29)16-28(15-22)14-21-5-3-2-4-6-21/h2-10,22-24,27H,11,13-19H2,1H3. The highest BCUT2D eigenvalue weighted by Crippen LogP contribution is 2.30. The van der Waals surface area contributed by atoms with E-state index in [1.165, 1.54) is 18.2 Å². The van der Waals surface area contributed by atoms with Crippen molar-refractivity contribution in [1.29, 1.82) is 5.26 Å². The first-order valence-electron chi connectivity index (χ1n) is 11.5. The van der Waals surface area contributed by atoms with E-state index in [4.69, 9.17) is 10.00 Å². The number of fused-ring (bicyclic) bond motifs is 2. The lowest BCUT2D eigenvalue weighted by Crippen LogP contribution is -2.58. The lowest BCUT2D eigenvalue weighted by Gasteiger charge is -2.48. The average molecular weight is 469 g/mol. The summed E-state index contributed by atoms with van der Waals surface area (Å²) >= 11 is 0. The van der Waals surface area contributed by atoms with Crippen molar-refractivity contribution < 1.29 is 13.2 Å². The van der Waals surface area contributed by atoms with Crippen LogP contribution in [-0.2, 0) is 16.6 Å². The molecule has 2 aromatic rings. The summed E-state index contributed by atoms with van der Waals surface area (Å²) in [4.78, 5) is 4.96. The lowest BCUT2D eigenvalue weighted by molar-refractivity contribution is -0.000701. The van der Waals surface area contributed by atoms with Gasteiger partial charge in [-0.1, -0.05) is 30.3 Å². The summed E-state index contributed by atoms with van der Waals surface area (Å²) in [7, 11) is -3.29. The summed E-state index contributed by atoms with van der Waals surface area (Å²) in [6.45, 7) is 5.69. The first-order chi connectivity index (χ1) is 15.9. The number of nitriles is 1. The third kappa shape index (κ3) is 7.02. The zero-order chi connectivity index (χ0) is 23.3. The number of hydrogen-bond donors (Lipinski definition) is 1. The second kappa shape index (κ2) is 10.7. The molecule has 2 heterocycles. The van der Waals surface area contributed by atoms with Gasteiger partial charge in [-0.25, -0.2) is 13.1 Å². The minimum Gasteiger partial charge on any atom is -0.492 e. The predicted molar refractivity (Wildman–Crippen MR) is 128 cm³/mol. The van der Waals surface area contributed by atoms with Crippen molar-refractivity contribution in [1.82, 2.24) is 14.5 Å². The zero-order valence-electron chi connectivity index (χ0n) is 19.1. The maximum atomic E-state index is 11.8. The Morgan fingerprint density at radius 2 is 1.73 bits per heavy atom. The summed E-state index contributed by atoms with van der Waals surface area (Å²) < 4.78 is 32.2. The number of ether oxygens (including phenoxy) is 1. The van der Waals surface area contributed by atoms with Crippen LogP contribution in [0, 0.1) is 23.2 Å². The molecule has 0 saturated carbocycles. The summed E-state index contributed by atoms with van der Waals surface area (Å²) in [5, 5.41) is 8.98. The van der Waals surface area contributed by atoms with Crippen LogP contribution in [0.15, 0.2) is 54.6 Å². The number of sulfonamides is 1. The molecule has 2 aliphatic rings. The molecule has 33 heavy (non-hydrogen) atoms. The topological polar surface area (TPSA) is 85.7 Å². The monoisotopic (exact) mass is 468 g/mol. The Morgan fingerprint density at radius 1 is 1.06 bits per heavy atom. The second-order valence-electron chi connectivity index (χ2n) is 9.32. The minimum absolute atomic E-state index is 0.0543. The fourth-order valence-electron chi connectivity index (χ4n) is 5.06. The number of hydrogen-bond acceptors (Lipinski definition) is 6. The molecule has 0 radical (unpaired) electrons. The van der Waals surface area contributed by atoms with Gasteiger partial charge in [0.15, 0.2) is 0 Å². The number of likely N-dealkylation sites (tertiary alicyclic amines) is 2. The molecule has 2 saturated heterocycles. The molecule has 0 amide bonds. The summed E-state index contributed by atoms with van der Waals surface area (Å²) in [5.41, 5.74) is 1.93. The molecule has 3 atom stereocenters. The molecule has 0 aliphatic carbocycles. The van der Waals surface area contributed by atoms with Crippen LogP contribution in [0.4, 0.5) is 0 Å². The van der Waals surface area contributed by atoms with Gasteiger partial charge in [-0.15, -0.1) is 0 Å². The molecule has 0 spiro atoms. The van der Waals surface area contributed by atoms with Gasteiger partial charge in [0, 0.05) is 39.3 Å². The van der Waals surface area contributed by atoms with Crippen molar-refractivity contribution in [2.45, 2.75) is 19.0 Å². The van der Waals surface area contributed by atoms with Gasteiger partial charge in [0.25, 0.3) is 0 Å². The summed E-state index contributed by atoms with van der Waals surface area (Å²) in [6.07, 6.45) is 2.42. The molecule has 2 fully saturated rings. The Balaban J connectivity index is 1.38. The molecule has 4 rings (SSSR count). The molecule has 2 bridgehead atoms. The molecular weight excluding hydrogens is 436 g/mol. The van der Waals surface area contributed by atoms with Gasteiger partial charge >= 0.3 is 0 Å². The van der Waals surface area contributed by atoms with Gasteiger partial charge < -0.3 is 4.74 Å². The first-order valence-corrected chi connectivity index (χ1v) is 13.3. The molecule has 2 aromatic carbocycles. The normalized spacial score (nSPS) is 22.4. The number of rotatable bonds is 9. The minimum atomic E-state index is -3.29. The van der Waals surface area contributed by atoms with Crippen LogP contribution in [0.2, 0.25) is 0 Å². The fraction of sp³-hybridized carbons (Fsp3) is 0.480. The highest BCUT2D eigenvalue weighted by atomic mass is 32.2. The Morgan fingerprint density at radius 3 is 2.33 bits per heavy atom. The number of nitrogens with one attached hydrogen (secondary N) is 1. The maximum absolute atomic E-state index is 11.8. The van der Waals surface area contributed by atoms with E-state index in [2.05, 4.69) is 50.9 Å². The maximum Gasteiger partial charge on any atom is 0.208 e.